The Kier molecular flexibility index (Phi) is 2.87. The molecule has 0 aromatic rings. The van der Waals surface area contributed by atoms with Crippen molar-refractivity contribution in [3.63, 3.8) is 0 Å². The monoisotopic (exact) mass is 70.0 g/mol. The SMILES string of the molecule is C=C=COC. The molecule has 0 aliphatic heterocycles. The van der Waals surface area contributed by atoms with Crippen LogP contribution < -0.4 is 0 Å². The van der Waals surface area contributed by atoms with E-state index in [-0.39, 0.29) is 0 Å². The van der Waals surface area contributed by atoms with Gasteiger partial charge in [-0.3, -0.25) is 0 Å². The molecule has 0 aliphatic rings. The van der Waals surface area contributed by atoms with E-state index in [4.69, 9.17) is 0 Å². The maximum atomic E-state index is 4.39. The average Bonchev–Trinajstić information content (AvgIpc) is 1.41. The van der Waals surface area contributed by atoms with Gasteiger partial charge in [-0.1, -0.05) is 12.3 Å². The minimum absolute atomic E-state index is 1.39. The zero-order chi connectivity index (χ0) is 4.12. The molecule has 1 heteroatoms. The van der Waals surface area contributed by atoms with Crippen LogP contribution >= 0.6 is 0 Å². The second-order valence-electron chi connectivity index (χ2n) is 0.558. The summed E-state index contributed by atoms with van der Waals surface area (Å²) in [5.74, 6) is 0. The second kappa shape index (κ2) is 3.32. The Hall–Kier alpha value is -0.680. The molecular formula is C4H6O. The van der Waals surface area contributed by atoms with E-state index in [2.05, 4.69) is 17.0 Å². The molecule has 0 spiro atoms. The van der Waals surface area contributed by atoms with Gasteiger partial charge in [0.05, 0.1) is 7.11 Å². The van der Waals surface area contributed by atoms with Crippen LogP contribution in [0.4, 0.5) is 0 Å². The van der Waals surface area contributed by atoms with E-state index in [0.29, 0.717) is 0 Å². The maximum absolute atomic E-state index is 4.39. The van der Waals surface area contributed by atoms with Crippen molar-refractivity contribution in [2.45, 2.75) is 0 Å². The lowest BCUT2D eigenvalue weighted by Gasteiger charge is -1.73. The van der Waals surface area contributed by atoms with Crippen LogP contribution in [0.25, 0.3) is 0 Å². The number of ether oxygens (including phenoxy) is 1. The molecule has 0 saturated heterocycles. The van der Waals surface area contributed by atoms with Crippen LogP contribution in [0.1, 0.15) is 0 Å². The molecule has 0 aliphatic carbocycles. The molecule has 0 aromatic carbocycles. The van der Waals surface area contributed by atoms with Crippen molar-refractivity contribution in [3.05, 3.63) is 18.6 Å². The molecule has 0 aromatic heterocycles. The smallest absolute Gasteiger partial charge is 0.124 e. The van der Waals surface area contributed by atoms with E-state index in [9.17, 15) is 0 Å². The molecule has 5 heavy (non-hydrogen) atoms. The van der Waals surface area contributed by atoms with Crippen molar-refractivity contribution >= 4 is 0 Å². The number of rotatable bonds is 1. The maximum Gasteiger partial charge on any atom is 0.124 e. The third-order valence-corrected chi connectivity index (χ3v) is 0.201. The van der Waals surface area contributed by atoms with E-state index in [1.54, 1.807) is 7.11 Å². The highest BCUT2D eigenvalue weighted by atomic mass is 16.5. The zero-order valence-electron chi connectivity index (χ0n) is 3.19. The largest absolute Gasteiger partial charge is 0.496 e. The summed E-state index contributed by atoms with van der Waals surface area (Å²) in [6.45, 7) is 3.24. The predicted molar refractivity (Wildman–Crippen MR) is 20.7 cm³/mol. The topological polar surface area (TPSA) is 9.23 Å². The van der Waals surface area contributed by atoms with E-state index in [1.165, 1.54) is 6.26 Å². The van der Waals surface area contributed by atoms with Gasteiger partial charge in [-0.2, -0.15) is 0 Å². The van der Waals surface area contributed by atoms with Gasteiger partial charge in [0.1, 0.15) is 6.26 Å². The first-order valence-electron chi connectivity index (χ1n) is 1.29. The molecule has 1 nitrogen and oxygen atoms in total. The number of hydrogen-bond acceptors (Lipinski definition) is 1. The number of methoxy groups -OCH3 is 1. The molecular weight excluding hydrogens is 64.0 g/mol. The molecule has 28 valence electrons. The lowest BCUT2D eigenvalue weighted by atomic mass is 10.9. The van der Waals surface area contributed by atoms with Crippen LogP contribution in [-0.4, -0.2) is 7.11 Å². The molecule has 0 bridgehead atoms. The lowest BCUT2D eigenvalue weighted by Crippen LogP contribution is -1.55. The average molecular weight is 70.1 g/mol. The van der Waals surface area contributed by atoms with Crippen LogP contribution in [0.3, 0.4) is 0 Å². The van der Waals surface area contributed by atoms with Crippen molar-refractivity contribution in [2.75, 3.05) is 7.11 Å². The molecule has 0 rings (SSSR count). The molecule has 0 radical (unpaired) electrons. The van der Waals surface area contributed by atoms with Crippen molar-refractivity contribution < 1.29 is 4.74 Å². The molecule has 0 unspecified atom stereocenters. The third kappa shape index (κ3) is 3.32. The Balaban J connectivity index is 2.93. The van der Waals surface area contributed by atoms with Gasteiger partial charge < -0.3 is 4.74 Å². The number of hydrogen-bond donors (Lipinski definition) is 0. The summed E-state index contributed by atoms with van der Waals surface area (Å²) in [6.07, 6.45) is 1.39. The van der Waals surface area contributed by atoms with Gasteiger partial charge in [-0.05, 0) is 0 Å². The van der Waals surface area contributed by atoms with Gasteiger partial charge in [0, 0.05) is 0 Å². The highest BCUT2D eigenvalue weighted by molar-refractivity contribution is 4.62. The van der Waals surface area contributed by atoms with Crippen molar-refractivity contribution in [3.8, 4) is 0 Å². The Morgan fingerprint density at radius 3 is 2.60 bits per heavy atom. The third-order valence-electron chi connectivity index (χ3n) is 0.201. The molecule has 0 amide bonds. The van der Waals surface area contributed by atoms with Gasteiger partial charge >= 0.3 is 0 Å². The summed E-state index contributed by atoms with van der Waals surface area (Å²) in [7, 11) is 1.55. The first-order chi connectivity index (χ1) is 2.41. The van der Waals surface area contributed by atoms with Gasteiger partial charge in [-0.25, -0.2) is 0 Å². The predicted octanol–water partition coefficient (Wildman–Crippen LogP) is 0.931. The molecule has 0 atom stereocenters. The van der Waals surface area contributed by atoms with Gasteiger partial charge in [0.15, 0.2) is 0 Å². The highest BCUT2D eigenvalue weighted by Crippen LogP contribution is 1.57. The summed E-state index contributed by atoms with van der Waals surface area (Å²) in [6, 6.07) is 0. The van der Waals surface area contributed by atoms with Crippen molar-refractivity contribution in [1.82, 2.24) is 0 Å². The standard InChI is InChI=1S/C4H6O/c1-3-4-5-2/h4H,1H2,2H3. The summed E-state index contributed by atoms with van der Waals surface area (Å²) in [5.41, 5.74) is 2.42. The van der Waals surface area contributed by atoms with E-state index < -0.39 is 0 Å². The van der Waals surface area contributed by atoms with E-state index in [1.807, 2.05) is 0 Å². The van der Waals surface area contributed by atoms with Gasteiger partial charge in [0.2, 0.25) is 0 Å². The minimum atomic E-state index is 1.39. The van der Waals surface area contributed by atoms with Crippen LogP contribution in [0.5, 0.6) is 0 Å². The fraction of sp³-hybridized carbons (Fsp3) is 0.250. The fourth-order valence-corrected chi connectivity index (χ4v) is 0.0833. The lowest BCUT2D eigenvalue weighted by molar-refractivity contribution is 0.339. The first kappa shape index (κ1) is 4.32. The normalized spacial score (nSPS) is 5.00. The van der Waals surface area contributed by atoms with Crippen LogP contribution in [0, 0.1) is 0 Å². The zero-order valence-corrected chi connectivity index (χ0v) is 3.19. The molecule has 0 heterocycles. The molecule has 0 N–H and O–H groups in total. The van der Waals surface area contributed by atoms with E-state index in [0.717, 1.165) is 0 Å². The van der Waals surface area contributed by atoms with Gasteiger partial charge in [-0.15, -0.1) is 0 Å². The van der Waals surface area contributed by atoms with Crippen molar-refractivity contribution in [2.24, 2.45) is 0 Å². The van der Waals surface area contributed by atoms with E-state index >= 15 is 0 Å². The van der Waals surface area contributed by atoms with Crippen LogP contribution in [-0.2, 0) is 4.74 Å². The Morgan fingerprint density at radius 1 is 2.00 bits per heavy atom. The van der Waals surface area contributed by atoms with Crippen LogP contribution in [0.2, 0.25) is 0 Å². The second-order valence-corrected chi connectivity index (χ2v) is 0.558. The molecule has 0 saturated carbocycles. The Morgan fingerprint density at radius 2 is 2.60 bits per heavy atom. The first-order valence-corrected chi connectivity index (χ1v) is 1.29. The summed E-state index contributed by atoms with van der Waals surface area (Å²) >= 11 is 0. The Labute approximate surface area is 31.6 Å². The summed E-state index contributed by atoms with van der Waals surface area (Å²) < 4.78 is 4.39. The quantitative estimate of drug-likeness (QED) is 0.329. The minimum Gasteiger partial charge on any atom is -0.496 e. The molecule has 0 fully saturated rings. The van der Waals surface area contributed by atoms with Crippen molar-refractivity contribution in [1.29, 1.82) is 0 Å². The summed E-state index contributed by atoms with van der Waals surface area (Å²) in [4.78, 5) is 0. The highest BCUT2D eigenvalue weighted by Gasteiger charge is 1.42. The Bertz CT molecular complexity index is 50.7. The van der Waals surface area contributed by atoms with Gasteiger partial charge in [0.25, 0.3) is 0 Å². The fourth-order valence-electron chi connectivity index (χ4n) is 0.0833. The summed E-state index contributed by atoms with van der Waals surface area (Å²) in [5, 5.41) is 0. The van der Waals surface area contributed by atoms with Crippen LogP contribution in [0.15, 0.2) is 18.6 Å².